The first-order valence-corrected chi connectivity index (χ1v) is 7.31. The molecular formula is C15H22N2OS. The Morgan fingerprint density at radius 2 is 2.11 bits per heavy atom. The van der Waals surface area contributed by atoms with E-state index in [0.717, 1.165) is 11.4 Å². The summed E-state index contributed by atoms with van der Waals surface area (Å²) in [5.41, 5.74) is 0.959. The highest BCUT2D eigenvalue weighted by molar-refractivity contribution is 7.80. The van der Waals surface area contributed by atoms with Crippen LogP contribution in [0.2, 0.25) is 0 Å². The Kier molecular flexibility index (Phi) is 5.02. The second kappa shape index (κ2) is 6.75. The van der Waals surface area contributed by atoms with Gasteiger partial charge in [0.05, 0.1) is 7.11 Å². The molecule has 2 rings (SSSR count). The number of hydrogen-bond acceptors (Lipinski definition) is 2. The minimum Gasteiger partial charge on any atom is -0.497 e. The molecule has 0 bridgehead atoms. The number of anilines is 1. The van der Waals surface area contributed by atoms with Gasteiger partial charge in [0.25, 0.3) is 0 Å². The van der Waals surface area contributed by atoms with Crippen molar-refractivity contribution in [3.63, 3.8) is 0 Å². The van der Waals surface area contributed by atoms with Crippen LogP contribution < -0.4 is 15.4 Å². The Morgan fingerprint density at radius 1 is 1.32 bits per heavy atom. The summed E-state index contributed by atoms with van der Waals surface area (Å²) in [5.74, 6) is 1.53. The number of thiocarbonyl (C=S) groups is 1. The van der Waals surface area contributed by atoms with E-state index in [1.54, 1.807) is 7.11 Å². The second-order valence-electron chi connectivity index (χ2n) is 5.20. The quantitative estimate of drug-likeness (QED) is 0.828. The van der Waals surface area contributed by atoms with Crippen LogP contribution >= 0.6 is 12.2 Å². The van der Waals surface area contributed by atoms with E-state index in [9.17, 15) is 0 Å². The van der Waals surface area contributed by atoms with Gasteiger partial charge in [-0.25, -0.2) is 0 Å². The zero-order valence-electron chi connectivity index (χ0n) is 11.6. The monoisotopic (exact) mass is 278 g/mol. The molecule has 0 radical (unpaired) electrons. The average molecular weight is 278 g/mol. The third-order valence-corrected chi connectivity index (χ3v) is 3.98. The topological polar surface area (TPSA) is 33.3 Å². The van der Waals surface area contributed by atoms with Crippen molar-refractivity contribution in [1.82, 2.24) is 5.32 Å². The van der Waals surface area contributed by atoms with E-state index in [1.165, 1.54) is 25.7 Å². The molecule has 0 saturated heterocycles. The maximum absolute atomic E-state index is 5.39. The van der Waals surface area contributed by atoms with Crippen molar-refractivity contribution in [3.8, 4) is 5.75 Å². The van der Waals surface area contributed by atoms with Crippen molar-refractivity contribution in [2.75, 3.05) is 12.4 Å². The molecule has 3 nitrogen and oxygen atoms in total. The molecule has 19 heavy (non-hydrogen) atoms. The zero-order valence-corrected chi connectivity index (χ0v) is 12.4. The van der Waals surface area contributed by atoms with E-state index in [-0.39, 0.29) is 0 Å². The number of benzene rings is 1. The molecule has 104 valence electrons. The lowest BCUT2D eigenvalue weighted by Crippen LogP contribution is -2.43. The van der Waals surface area contributed by atoms with Crippen LogP contribution in [0.4, 0.5) is 5.69 Å². The molecule has 0 aromatic heterocycles. The fraction of sp³-hybridized carbons (Fsp3) is 0.533. The third-order valence-electron chi connectivity index (χ3n) is 3.76. The minimum absolute atomic E-state index is 0.499. The van der Waals surface area contributed by atoms with Crippen LogP contribution in [0.5, 0.6) is 5.75 Å². The predicted molar refractivity (Wildman–Crippen MR) is 83.8 cm³/mol. The molecule has 1 saturated carbocycles. The Hall–Kier alpha value is -1.29. The highest BCUT2D eigenvalue weighted by atomic mass is 32.1. The number of hydrogen-bond donors (Lipinski definition) is 2. The summed E-state index contributed by atoms with van der Waals surface area (Å²) < 4.78 is 5.20. The molecule has 4 heteroatoms. The van der Waals surface area contributed by atoms with Crippen molar-refractivity contribution in [1.29, 1.82) is 0 Å². The predicted octanol–water partition coefficient (Wildman–Crippen LogP) is 3.56. The third kappa shape index (κ3) is 4.10. The SMILES string of the molecule is COc1cccc(NC(=S)N[C@@H]2CCCC[C@H]2C)c1. The minimum atomic E-state index is 0.499. The number of ether oxygens (including phenoxy) is 1. The van der Waals surface area contributed by atoms with E-state index in [1.807, 2.05) is 24.3 Å². The van der Waals surface area contributed by atoms with Gasteiger partial charge in [-0.2, -0.15) is 0 Å². The summed E-state index contributed by atoms with van der Waals surface area (Å²) >= 11 is 5.39. The van der Waals surface area contributed by atoms with Gasteiger partial charge in [0.1, 0.15) is 5.75 Å². The molecule has 2 N–H and O–H groups in total. The first-order chi connectivity index (χ1) is 9.19. The number of nitrogens with one attached hydrogen (secondary N) is 2. The molecule has 2 atom stereocenters. The molecule has 0 amide bonds. The molecule has 1 aliphatic carbocycles. The smallest absolute Gasteiger partial charge is 0.171 e. The van der Waals surface area contributed by atoms with Crippen LogP contribution in [0, 0.1) is 5.92 Å². The molecule has 1 aromatic rings. The largest absolute Gasteiger partial charge is 0.497 e. The highest BCUT2D eigenvalue weighted by Gasteiger charge is 2.21. The number of rotatable bonds is 3. The number of methoxy groups -OCH3 is 1. The van der Waals surface area contributed by atoms with Crippen LogP contribution in [-0.2, 0) is 0 Å². The first-order valence-electron chi connectivity index (χ1n) is 6.90. The maximum atomic E-state index is 5.39. The van der Waals surface area contributed by atoms with Crippen molar-refractivity contribution >= 4 is 23.0 Å². The molecule has 1 fully saturated rings. The van der Waals surface area contributed by atoms with E-state index in [4.69, 9.17) is 17.0 Å². The summed E-state index contributed by atoms with van der Waals surface area (Å²) in [6.07, 6.45) is 5.14. The maximum Gasteiger partial charge on any atom is 0.171 e. The van der Waals surface area contributed by atoms with Crippen molar-refractivity contribution in [3.05, 3.63) is 24.3 Å². The zero-order chi connectivity index (χ0) is 13.7. The van der Waals surface area contributed by atoms with Crippen molar-refractivity contribution < 1.29 is 4.74 Å². The van der Waals surface area contributed by atoms with Crippen LogP contribution in [0.25, 0.3) is 0 Å². The van der Waals surface area contributed by atoms with Gasteiger partial charge in [-0.05, 0) is 43.1 Å². The van der Waals surface area contributed by atoms with Gasteiger partial charge in [0, 0.05) is 17.8 Å². The van der Waals surface area contributed by atoms with Gasteiger partial charge in [-0.15, -0.1) is 0 Å². The fourth-order valence-corrected chi connectivity index (χ4v) is 2.84. The average Bonchev–Trinajstić information content (AvgIpc) is 2.41. The Balaban J connectivity index is 1.89. The Labute approximate surface area is 120 Å². The van der Waals surface area contributed by atoms with Crippen LogP contribution in [0.3, 0.4) is 0 Å². The van der Waals surface area contributed by atoms with Gasteiger partial charge in [-0.3, -0.25) is 0 Å². The summed E-state index contributed by atoms with van der Waals surface area (Å²) in [6, 6.07) is 8.30. The van der Waals surface area contributed by atoms with Gasteiger partial charge in [0.2, 0.25) is 0 Å². The van der Waals surface area contributed by atoms with E-state index >= 15 is 0 Å². The van der Waals surface area contributed by atoms with Crippen LogP contribution in [-0.4, -0.2) is 18.3 Å². The molecular weight excluding hydrogens is 256 g/mol. The first kappa shape index (κ1) is 14.1. The lowest BCUT2D eigenvalue weighted by atomic mass is 9.86. The van der Waals surface area contributed by atoms with Crippen LogP contribution in [0.1, 0.15) is 32.6 Å². The normalized spacial score (nSPS) is 22.6. The fourth-order valence-electron chi connectivity index (χ4n) is 2.57. The standard InChI is InChI=1S/C15H22N2OS/c1-11-6-3-4-9-14(11)17-15(19)16-12-7-5-8-13(10-12)18-2/h5,7-8,10-11,14H,3-4,6,9H2,1-2H3,(H2,16,17,19)/t11-,14-/m1/s1. The Morgan fingerprint density at radius 3 is 2.84 bits per heavy atom. The molecule has 1 aliphatic rings. The summed E-state index contributed by atoms with van der Waals surface area (Å²) in [7, 11) is 1.67. The van der Waals surface area contributed by atoms with Gasteiger partial charge in [-0.1, -0.05) is 25.8 Å². The van der Waals surface area contributed by atoms with Gasteiger partial charge < -0.3 is 15.4 Å². The van der Waals surface area contributed by atoms with E-state index in [2.05, 4.69) is 17.6 Å². The lowest BCUT2D eigenvalue weighted by Gasteiger charge is -2.30. The summed E-state index contributed by atoms with van der Waals surface area (Å²) in [5, 5.41) is 7.36. The Bertz CT molecular complexity index is 436. The molecule has 0 aliphatic heterocycles. The van der Waals surface area contributed by atoms with Gasteiger partial charge in [0.15, 0.2) is 5.11 Å². The highest BCUT2D eigenvalue weighted by Crippen LogP contribution is 2.24. The lowest BCUT2D eigenvalue weighted by molar-refractivity contribution is 0.309. The summed E-state index contributed by atoms with van der Waals surface area (Å²) in [4.78, 5) is 0. The molecule has 1 aromatic carbocycles. The van der Waals surface area contributed by atoms with E-state index in [0.29, 0.717) is 17.1 Å². The van der Waals surface area contributed by atoms with Crippen molar-refractivity contribution in [2.24, 2.45) is 5.92 Å². The molecule has 0 unspecified atom stereocenters. The van der Waals surface area contributed by atoms with Crippen molar-refractivity contribution in [2.45, 2.75) is 38.6 Å². The second-order valence-corrected chi connectivity index (χ2v) is 5.61. The molecule has 0 heterocycles. The summed E-state index contributed by atoms with van der Waals surface area (Å²) in [6.45, 7) is 2.30. The van der Waals surface area contributed by atoms with E-state index < -0.39 is 0 Å². The molecule has 0 spiro atoms. The van der Waals surface area contributed by atoms with Gasteiger partial charge >= 0.3 is 0 Å². The van der Waals surface area contributed by atoms with Crippen LogP contribution in [0.15, 0.2) is 24.3 Å².